The minimum Gasteiger partial charge on any atom is -0.492 e. The number of ether oxygens (including phenoxy) is 1. The van der Waals surface area contributed by atoms with E-state index in [9.17, 15) is 22.8 Å². The lowest BCUT2D eigenvalue weighted by molar-refractivity contribution is -0.114. The Hall–Kier alpha value is -4.02. The molecule has 37 heavy (non-hydrogen) atoms. The number of carbonyl (C=O) groups is 3. The summed E-state index contributed by atoms with van der Waals surface area (Å²) < 4.78 is 34.3. The van der Waals surface area contributed by atoms with Gasteiger partial charge in [-0.05, 0) is 60.9 Å². The van der Waals surface area contributed by atoms with Crippen LogP contribution >= 0.6 is 0 Å². The summed E-state index contributed by atoms with van der Waals surface area (Å²) in [5, 5.41) is 2.55. The zero-order valence-corrected chi connectivity index (χ0v) is 20.7. The number of hydrogen-bond donors (Lipinski definition) is 1. The second-order valence-electron chi connectivity index (χ2n) is 8.90. The first kappa shape index (κ1) is 24.7. The molecule has 2 aliphatic heterocycles. The first-order valence-corrected chi connectivity index (χ1v) is 13.3. The molecule has 1 saturated heterocycles. The molecule has 1 atom stereocenters. The highest BCUT2D eigenvalue weighted by molar-refractivity contribution is 7.89. The predicted molar refractivity (Wildman–Crippen MR) is 137 cm³/mol. The van der Waals surface area contributed by atoms with Crippen molar-refractivity contribution in [3.63, 3.8) is 0 Å². The van der Waals surface area contributed by atoms with Gasteiger partial charge in [-0.3, -0.25) is 14.4 Å². The molecule has 1 N–H and O–H groups in total. The van der Waals surface area contributed by atoms with Crippen LogP contribution in [0.2, 0.25) is 0 Å². The summed E-state index contributed by atoms with van der Waals surface area (Å²) >= 11 is 0. The lowest BCUT2D eigenvalue weighted by Crippen LogP contribution is -2.39. The number of anilines is 2. The van der Waals surface area contributed by atoms with E-state index in [0.29, 0.717) is 48.5 Å². The smallest absolute Gasteiger partial charge is 0.299 e. The molecule has 0 bridgehead atoms. The van der Waals surface area contributed by atoms with Gasteiger partial charge in [-0.15, -0.1) is 0 Å². The number of ketones is 1. The van der Waals surface area contributed by atoms with E-state index in [2.05, 4.69) is 5.32 Å². The van der Waals surface area contributed by atoms with E-state index >= 15 is 0 Å². The predicted octanol–water partition coefficient (Wildman–Crippen LogP) is 3.22. The van der Waals surface area contributed by atoms with Crippen molar-refractivity contribution in [3.05, 3.63) is 83.9 Å². The van der Waals surface area contributed by atoms with Crippen molar-refractivity contribution in [1.82, 2.24) is 4.31 Å². The van der Waals surface area contributed by atoms with E-state index in [1.807, 2.05) is 30.3 Å². The van der Waals surface area contributed by atoms with Gasteiger partial charge in [0.15, 0.2) is 0 Å². The fourth-order valence-corrected chi connectivity index (χ4v) is 6.45. The van der Waals surface area contributed by atoms with Gasteiger partial charge < -0.3 is 15.0 Å². The number of sulfonamides is 1. The second-order valence-corrected chi connectivity index (χ2v) is 10.8. The maximum atomic E-state index is 13.5. The van der Waals surface area contributed by atoms with Crippen LogP contribution in [-0.4, -0.2) is 50.0 Å². The first-order chi connectivity index (χ1) is 17.9. The van der Waals surface area contributed by atoms with E-state index in [-0.39, 0.29) is 29.7 Å². The summed E-state index contributed by atoms with van der Waals surface area (Å²) in [7, 11) is -3.91. The summed E-state index contributed by atoms with van der Waals surface area (Å²) in [6.07, 6.45) is 1.93. The average Bonchev–Trinajstić information content (AvgIpc) is 3.48. The normalized spacial score (nSPS) is 17.6. The molecule has 3 aromatic carbocycles. The van der Waals surface area contributed by atoms with Crippen molar-refractivity contribution >= 4 is 39.5 Å². The highest BCUT2D eigenvalue weighted by Gasteiger charge is 2.40. The van der Waals surface area contributed by atoms with Crippen LogP contribution in [0.25, 0.3) is 0 Å². The Balaban J connectivity index is 1.37. The average molecular weight is 520 g/mol. The number of hydrogen-bond acceptors (Lipinski definition) is 6. The van der Waals surface area contributed by atoms with E-state index in [1.165, 1.54) is 27.4 Å². The molecule has 0 spiro atoms. The molecule has 2 heterocycles. The quantitative estimate of drug-likeness (QED) is 0.343. The van der Waals surface area contributed by atoms with Gasteiger partial charge in [0.05, 0.1) is 28.7 Å². The topological polar surface area (TPSA) is 113 Å². The highest BCUT2D eigenvalue weighted by atomic mass is 32.2. The van der Waals surface area contributed by atoms with E-state index in [4.69, 9.17) is 4.74 Å². The number of nitrogens with one attached hydrogen (secondary N) is 1. The fourth-order valence-electron chi connectivity index (χ4n) is 4.74. The van der Waals surface area contributed by atoms with Crippen LogP contribution in [0.5, 0.6) is 5.75 Å². The molecule has 190 valence electrons. The number of amides is 2. The van der Waals surface area contributed by atoms with Crippen LogP contribution in [0.3, 0.4) is 0 Å². The number of rotatable bonds is 9. The number of carbonyl (C=O) groups excluding carboxylic acids is 3. The molecule has 3 aromatic rings. The third kappa shape index (κ3) is 4.85. The zero-order chi connectivity index (χ0) is 26.0. The third-order valence-electron chi connectivity index (χ3n) is 6.55. The molecule has 0 aromatic heterocycles. The SMILES string of the molecule is O=CNc1cccc(CN2C(=O)C(=O)c3cc(S(=O)(=O)N4CCC[C@H]4COc4ccccc4)ccc32)c1. The number of benzene rings is 3. The molecule has 9 nitrogen and oxygen atoms in total. The van der Waals surface area contributed by atoms with Crippen LogP contribution in [-0.2, 0) is 26.2 Å². The molecular formula is C27H25N3O6S. The molecule has 0 aliphatic carbocycles. The van der Waals surface area contributed by atoms with E-state index in [1.54, 1.807) is 24.3 Å². The molecule has 2 aliphatic rings. The van der Waals surface area contributed by atoms with E-state index in [0.717, 1.165) is 0 Å². The highest BCUT2D eigenvalue weighted by Crippen LogP contribution is 2.35. The molecule has 2 amide bonds. The largest absolute Gasteiger partial charge is 0.492 e. The summed E-state index contributed by atoms with van der Waals surface area (Å²) in [5.74, 6) is -0.811. The number of para-hydroxylation sites is 1. The maximum Gasteiger partial charge on any atom is 0.299 e. The van der Waals surface area contributed by atoms with Gasteiger partial charge in [-0.2, -0.15) is 4.31 Å². The van der Waals surface area contributed by atoms with Gasteiger partial charge in [0.1, 0.15) is 12.4 Å². The number of Topliss-reactive ketones (excluding diaryl/α,β-unsaturated/α-hetero) is 1. The van der Waals surface area contributed by atoms with E-state index < -0.39 is 21.7 Å². The zero-order valence-electron chi connectivity index (χ0n) is 19.9. The van der Waals surface area contributed by atoms with Crippen molar-refractivity contribution in [1.29, 1.82) is 0 Å². The lowest BCUT2D eigenvalue weighted by atomic mass is 10.1. The van der Waals surface area contributed by atoms with Gasteiger partial charge in [0, 0.05) is 12.2 Å². The molecule has 10 heteroatoms. The standard InChI is InChI=1S/C27H25N3O6S/c31-18-28-20-7-4-6-19(14-20)16-29-25-12-11-23(15-24(25)26(32)27(29)33)37(34,35)30-13-5-8-21(30)17-36-22-9-2-1-3-10-22/h1-4,6-7,9-12,14-15,18,21H,5,8,13,16-17H2,(H,28,31)/t21-/m0/s1. The van der Waals surface area contributed by atoms with Crippen molar-refractivity contribution in [3.8, 4) is 5.75 Å². The van der Waals surface area contributed by atoms with Gasteiger partial charge in [0.25, 0.3) is 11.7 Å². The van der Waals surface area contributed by atoms with Crippen molar-refractivity contribution in [2.45, 2.75) is 30.3 Å². The van der Waals surface area contributed by atoms with Crippen LogP contribution in [0.1, 0.15) is 28.8 Å². The summed E-state index contributed by atoms with van der Waals surface area (Å²) in [6, 6.07) is 20.0. The summed E-state index contributed by atoms with van der Waals surface area (Å²) in [4.78, 5) is 37.6. The molecule has 0 saturated carbocycles. The van der Waals surface area contributed by atoms with Gasteiger partial charge in [-0.1, -0.05) is 30.3 Å². The summed E-state index contributed by atoms with van der Waals surface area (Å²) in [5.41, 5.74) is 1.68. The minimum atomic E-state index is -3.91. The first-order valence-electron chi connectivity index (χ1n) is 11.9. The van der Waals surface area contributed by atoms with Crippen LogP contribution in [0, 0.1) is 0 Å². The van der Waals surface area contributed by atoms with Crippen molar-refractivity contribution in [2.24, 2.45) is 0 Å². The van der Waals surface area contributed by atoms with Crippen molar-refractivity contribution < 1.29 is 27.5 Å². The lowest BCUT2D eigenvalue weighted by Gasteiger charge is -2.24. The Kier molecular flexibility index (Phi) is 6.77. The third-order valence-corrected chi connectivity index (χ3v) is 8.50. The Morgan fingerprint density at radius 2 is 1.81 bits per heavy atom. The van der Waals surface area contributed by atoms with Gasteiger partial charge in [0.2, 0.25) is 16.4 Å². The van der Waals surface area contributed by atoms with Gasteiger partial charge >= 0.3 is 0 Å². The van der Waals surface area contributed by atoms with Crippen LogP contribution in [0.15, 0.2) is 77.7 Å². The molecule has 0 radical (unpaired) electrons. The number of nitrogens with zero attached hydrogens (tertiary/aromatic N) is 2. The molecule has 0 unspecified atom stereocenters. The monoisotopic (exact) mass is 519 g/mol. The Labute approximate surface area is 214 Å². The second kappa shape index (κ2) is 10.2. The maximum absolute atomic E-state index is 13.5. The Bertz CT molecular complexity index is 1460. The Morgan fingerprint density at radius 1 is 1.00 bits per heavy atom. The van der Waals surface area contributed by atoms with Gasteiger partial charge in [-0.25, -0.2) is 8.42 Å². The molecule has 5 rings (SSSR count). The van der Waals surface area contributed by atoms with Crippen LogP contribution < -0.4 is 15.0 Å². The molecular weight excluding hydrogens is 494 g/mol. The summed E-state index contributed by atoms with van der Waals surface area (Å²) in [6.45, 7) is 0.673. The molecule has 1 fully saturated rings. The fraction of sp³-hybridized carbons (Fsp3) is 0.222. The van der Waals surface area contributed by atoms with Crippen LogP contribution in [0.4, 0.5) is 11.4 Å². The minimum absolute atomic E-state index is 0.0296. The van der Waals surface area contributed by atoms with Crippen molar-refractivity contribution in [2.75, 3.05) is 23.4 Å². The Morgan fingerprint density at radius 3 is 2.59 bits per heavy atom. The number of fused-ring (bicyclic) bond motifs is 1.